The number of halogens is 1. The van der Waals surface area contributed by atoms with Gasteiger partial charge in [-0.3, -0.25) is 10.1 Å². The van der Waals surface area contributed by atoms with Gasteiger partial charge in [-0.25, -0.2) is 0 Å². The van der Waals surface area contributed by atoms with Gasteiger partial charge in [0.25, 0.3) is 0 Å². The van der Waals surface area contributed by atoms with Crippen molar-refractivity contribution in [2.45, 2.75) is 31.8 Å². The van der Waals surface area contributed by atoms with Crippen molar-refractivity contribution in [2.75, 3.05) is 6.54 Å². The lowest BCUT2D eigenvalue weighted by Gasteiger charge is -2.20. The molecular weight excluding hydrogens is 474 g/mol. The topological polar surface area (TPSA) is 118 Å². The van der Waals surface area contributed by atoms with Gasteiger partial charge in [-0.05, 0) is 35.2 Å². The van der Waals surface area contributed by atoms with Gasteiger partial charge in [-0.15, -0.1) is 0 Å². The molecule has 0 amide bonds. The third-order valence-electron chi connectivity index (χ3n) is 5.57. The molecule has 9 heteroatoms. The summed E-state index contributed by atoms with van der Waals surface area (Å²) in [6, 6.07) is 18.8. The van der Waals surface area contributed by atoms with E-state index in [2.05, 4.69) is 21.7 Å². The quantitative estimate of drug-likeness (QED) is 0.186. The maximum absolute atomic E-state index is 11.7. The molecule has 0 spiro atoms. The summed E-state index contributed by atoms with van der Waals surface area (Å²) >= 11 is 7.08. The fourth-order valence-corrected chi connectivity index (χ4v) is 4.90. The molecule has 1 heterocycles. The molecule has 3 aromatic carbocycles. The van der Waals surface area contributed by atoms with Crippen LogP contribution in [0.15, 0.2) is 65.5 Å². The summed E-state index contributed by atoms with van der Waals surface area (Å²) in [5.74, 6) is -0.0759. The van der Waals surface area contributed by atoms with Crippen molar-refractivity contribution in [3.63, 3.8) is 0 Å². The van der Waals surface area contributed by atoms with E-state index in [1.807, 2.05) is 42.5 Å². The molecule has 178 valence electrons. The van der Waals surface area contributed by atoms with Crippen molar-refractivity contribution < 1.29 is 15.3 Å². The number of aliphatic hydroxyl groups excluding tert-OH is 2. The minimum absolute atomic E-state index is 0.0759. The summed E-state index contributed by atoms with van der Waals surface area (Å²) in [6.07, 6.45) is -1.83. The number of fused-ring (bicyclic) bond motifs is 1. The number of hydrogen-bond acceptors (Lipinski definition) is 7. The first-order valence-electron chi connectivity index (χ1n) is 10.9. The van der Waals surface area contributed by atoms with E-state index < -0.39 is 12.3 Å². The second-order valence-corrected chi connectivity index (χ2v) is 9.39. The summed E-state index contributed by atoms with van der Waals surface area (Å²) in [7, 11) is 0. The zero-order chi connectivity index (χ0) is 24.1. The summed E-state index contributed by atoms with van der Waals surface area (Å²) in [6.45, 7) is 1.82. The monoisotopic (exact) mass is 499 g/mol. The van der Waals surface area contributed by atoms with Gasteiger partial charge >= 0.3 is 4.87 Å². The number of rotatable bonds is 10. The van der Waals surface area contributed by atoms with E-state index in [-0.39, 0.29) is 16.1 Å². The van der Waals surface area contributed by atoms with Gasteiger partial charge < -0.3 is 25.6 Å². The molecule has 2 unspecified atom stereocenters. The first kappa shape index (κ1) is 24.4. The molecule has 4 aromatic rings. The Morgan fingerprint density at radius 1 is 1.00 bits per heavy atom. The Labute approximate surface area is 205 Å². The highest BCUT2D eigenvalue weighted by Gasteiger charge is 2.22. The highest BCUT2D eigenvalue weighted by atomic mass is 35.5. The number of H-pyrrole nitrogens is 1. The minimum Gasteiger partial charge on any atom is -0.506 e. The summed E-state index contributed by atoms with van der Waals surface area (Å²) in [4.78, 5) is 13.9. The molecule has 0 aliphatic carbocycles. The van der Waals surface area contributed by atoms with Crippen molar-refractivity contribution in [1.82, 2.24) is 15.6 Å². The standard InChI is InChI=1S/C25H26ClN3O4S/c26-19-7-2-1-6-17(19)14-27-13-16-5-3-4-15(12-16)10-11-28-24(32)22(31)18-8-9-20(30)21-23(18)34-25(33)29-21/h1-9,12,22,24,27-28,30-32H,10-11,13-14H2,(H,29,33). The number of hydrogen-bond donors (Lipinski definition) is 6. The number of thiazole rings is 1. The van der Waals surface area contributed by atoms with E-state index in [1.165, 1.54) is 12.1 Å². The van der Waals surface area contributed by atoms with E-state index in [1.54, 1.807) is 0 Å². The Morgan fingerprint density at radius 3 is 2.62 bits per heavy atom. The van der Waals surface area contributed by atoms with E-state index >= 15 is 0 Å². The van der Waals surface area contributed by atoms with Crippen molar-refractivity contribution >= 4 is 33.2 Å². The Balaban J connectivity index is 1.30. The van der Waals surface area contributed by atoms with E-state index in [0.29, 0.717) is 36.3 Å². The number of aliphatic hydroxyl groups is 2. The molecule has 0 radical (unpaired) electrons. The fourth-order valence-electron chi connectivity index (χ4n) is 3.80. The third-order valence-corrected chi connectivity index (χ3v) is 6.87. The lowest BCUT2D eigenvalue weighted by Crippen LogP contribution is -2.36. The largest absolute Gasteiger partial charge is 0.506 e. The van der Waals surface area contributed by atoms with Crippen LogP contribution in [0, 0.1) is 0 Å². The van der Waals surface area contributed by atoms with Crippen LogP contribution < -0.4 is 15.5 Å². The minimum atomic E-state index is -1.25. The molecule has 6 N–H and O–H groups in total. The van der Waals surface area contributed by atoms with Crippen LogP contribution in [0.4, 0.5) is 0 Å². The Kier molecular flexibility index (Phi) is 7.99. The molecule has 2 atom stereocenters. The van der Waals surface area contributed by atoms with Crippen LogP contribution in [0.1, 0.15) is 28.4 Å². The molecule has 1 aromatic heterocycles. The average Bonchev–Trinajstić information content (AvgIpc) is 3.23. The van der Waals surface area contributed by atoms with Crippen molar-refractivity contribution in [1.29, 1.82) is 0 Å². The van der Waals surface area contributed by atoms with E-state index in [4.69, 9.17) is 11.6 Å². The molecule has 4 rings (SSSR count). The van der Waals surface area contributed by atoms with E-state index in [9.17, 15) is 20.1 Å². The van der Waals surface area contributed by atoms with Crippen LogP contribution >= 0.6 is 22.9 Å². The number of aromatic amines is 1. The number of aromatic hydroxyl groups is 1. The Morgan fingerprint density at radius 2 is 1.79 bits per heavy atom. The summed E-state index contributed by atoms with van der Waals surface area (Å²) < 4.78 is 0.426. The van der Waals surface area contributed by atoms with Crippen LogP contribution in [0.25, 0.3) is 10.2 Å². The number of aromatic nitrogens is 1. The highest BCUT2D eigenvalue weighted by Crippen LogP contribution is 2.32. The Hall–Kier alpha value is -2.72. The van der Waals surface area contributed by atoms with Crippen LogP contribution in [0.5, 0.6) is 5.75 Å². The molecule has 0 bridgehead atoms. The van der Waals surface area contributed by atoms with Gasteiger partial charge in [-0.1, -0.05) is 71.5 Å². The second-order valence-electron chi connectivity index (χ2n) is 8.00. The highest BCUT2D eigenvalue weighted by molar-refractivity contribution is 7.16. The van der Waals surface area contributed by atoms with Gasteiger partial charge in [0.1, 0.15) is 23.6 Å². The fraction of sp³-hybridized carbons (Fsp3) is 0.240. The van der Waals surface area contributed by atoms with Gasteiger partial charge in [0.2, 0.25) is 0 Å². The lowest BCUT2D eigenvalue weighted by atomic mass is 10.1. The number of phenolic OH excluding ortho intramolecular Hbond substituents is 1. The SMILES string of the molecule is O=c1[nH]c2c(O)ccc(C(O)C(O)NCCc3cccc(CNCc4ccccc4Cl)c3)c2s1. The zero-order valence-electron chi connectivity index (χ0n) is 18.3. The number of phenols is 1. The molecule has 0 aliphatic rings. The summed E-state index contributed by atoms with van der Waals surface area (Å²) in [5, 5.41) is 38.1. The Bertz CT molecular complexity index is 1320. The van der Waals surface area contributed by atoms with Crippen molar-refractivity contribution in [3.8, 4) is 5.75 Å². The molecule has 0 saturated heterocycles. The smallest absolute Gasteiger partial charge is 0.305 e. The van der Waals surface area contributed by atoms with Gasteiger partial charge in [0.05, 0.1) is 4.70 Å². The molecule has 0 aliphatic heterocycles. The molecular formula is C25H26ClN3O4S. The van der Waals surface area contributed by atoms with Gasteiger partial charge in [-0.2, -0.15) is 0 Å². The first-order chi connectivity index (χ1) is 16.4. The predicted molar refractivity (Wildman–Crippen MR) is 135 cm³/mol. The van der Waals surface area contributed by atoms with Crippen molar-refractivity contribution in [2.24, 2.45) is 0 Å². The molecule has 0 fully saturated rings. The van der Waals surface area contributed by atoms with Crippen LogP contribution in [-0.4, -0.2) is 33.1 Å². The van der Waals surface area contributed by atoms with Gasteiger partial charge in [0, 0.05) is 30.2 Å². The number of nitrogens with one attached hydrogen (secondary N) is 3. The van der Waals surface area contributed by atoms with Crippen molar-refractivity contribution in [3.05, 3.63) is 97.6 Å². The normalized spacial score (nSPS) is 13.3. The maximum atomic E-state index is 11.7. The zero-order valence-corrected chi connectivity index (χ0v) is 19.9. The van der Waals surface area contributed by atoms with Crippen LogP contribution in [0.2, 0.25) is 5.02 Å². The van der Waals surface area contributed by atoms with E-state index in [0.717, 1.165) is 33.0 Å². The average molecular weight is 500 g/mol. The predicted octanol–water partition coefficient (Wildman–Crippen LogP) is 3.42. The first-order valence-corrected chi connectivity index (χ1v) is 12.1. The molecule has 0 saturated carbocycles. The molecule has 34 heavy (non-hydrogen) atoms. The third kappa shape index (κ3) is 5.85. The maximum Gasteiger partial charge on any atom is 0.305 e. The number of benzene rings is 3. The summed E-state index contributed by atoms with van der Waals surface area (Å²) in [5.41, 5.74) is 3.93. The lowest BCUT2D eigenvalue weighted by molar-refractivity contribution is -0.00168. The van der Waals surface area contributed by atoms with Crippen LogP contribution in [0.3, 0.4) is 0 Å². The molecule has 7 nitrogen and oxygen atoms in total. The van der Waals surface area contributed by atoms with Gasteiger partial charge in [0.15, 0.2) is 0 Å². The van der Waals surface area contributed by atoms with Crippen LogP contribution in [-0.2, 0) is 19.5 Å². The second kappa shape index (κ2) is 11.1.